The van der Waals surface area contributed by atoms with E-state index >= 15 is 0 Å². The summed E-state index contributed by atoms with van der Waals surface area (Å²) in [6.07, 6.45) is 0.974. The maximum absolute atomic E-state index is 12.7. The molecule has 2 aromatic rings. The molecule has 0 aromatic carbocycles. The van der Waals surface area contributed by atoms with Gasteiger partial charge in [0, 0.05) is 0 Å². The molecule has 0 unspecified atom stereocenters. The molecule has 2 aromatic heterocycles. The fraction of sp³-hybridized carbons (Fsp3) is 0.0769. The number of hydrogen-bond donors (Lipinski definition) is 2. The van der Waals surface area contributed by atoms with Crippen LogP contribution in [-0.4, -0.2) is 27.0 Å². The van der Waals surface area contributed by atoms with Crippen LogP contribution in [0.3, 0.4) is 0 Å². The first kappa shape index (κ1) is 13.6. The van der Waals surface area contributed by atoms with Gasteiger partial charge < -0.3 is 10.4 Å². The van der Waals surface area contributed by atoms with Gasteiger partial charge in [0.25, 0.3) is 5.91 Å². The zero-order valence-corrected chi connectivity index (χ0v) is 10.4. The van der Waals surface area contributed by atoms with Gasteiger partial charge in [0.1, 0.15) is 17.3 Å². The summed E-state index contributed by atoms with van der Waals surface area (Å²) in [5, 5.41) is 11.3. The highest BCUT2D eigenvalue weighted by molar-refractivity contribution is 6.02. The predicted molar refractivity (Wildman–Crippen MR) is 68.1 cm³/mol. The molecule has 0 aliphatic heterocycles. The van der Waals surface area contributed by atoms with Crippen molar-refractivity contribution in [2.75, 3.05) is 5.32 Å². The van der Waals surface area contributed by atoms with Gasteiger partial charge in [0.15, 0.2) is 0 Å². The Morgan fingerprint density at radius 2 is 2.00 bits per heavy atom. The quantitative estimate of drug-likeness (QED) is 0.892. The van der Waals surface area contributed by atoms with Gasteiger partial charge in [-0.15, -0.1) is 0 Å². The SMILES string of the molecule is Cc1nc(C(=O)Nc2ccc(F)cn2)ccc1C(=O)O. The van der Waals surface area contributed by atoms with Crippen molar-refractivity contribution in [3.63, 3.8) is 0 Å². The van der Waals surface area contributed by atoms with Crippen LogP contribution in [0.15, 0.2) is 30.5 Å². The van der Waals surface area contributed by atoms with Crippen LogP contribution in [0.1, 0.15) is 26.5 Å². The average molecular weight is 275 g/mol. The van der Waals surface area contributed by atoms with Gasteiger partial charge in [-0.05, 0) is 31.2 Å². The number of anilines is 1. The minimum atomic E-state index is -1.11. The van der Waals surface area contributed by atoms with E-state index < -0.39 is 17.7 Å². The Kier molecular flexibility index (Phi) is 3.69. The molecule has 0 fully saturated rings. The predicted octanol–water partition coefficient (Wildman–Crippen LogP) is 1.87. The lowest BCUT2D eigenvalue weighted by molar-refractivity contribution is 0.0695. The van der Waals surface area contributed by atoms with Crippen LogP contribution in [0.4, 0.5) is 10.2 Å². The number of carbonyl (C=O) groups is 2. The van der Waals surface area contributed by atoms with Crippen LogP contribution < -0.4 is 5.32 Å². The molecular weight excluding hydrogens is 265 g/mol. The number of pyridine rings is 2. The Hall–Kier alpha value is -2.83. The lowest BCUT2D eigenvalue weighted by atomic mass is 10.2. The highest BCUT2D eigenvalue weighted by Gasteiger charge is 2.13. The highest BCUT2D eigenvalue weighted by Crippen LogP contribution is 2.09. The van der Waals surface area contributed by atoms with Crippen LogP contribution in [0.2, 0.25) is 0 Å². The van der Waals surface area contributed by atoms with E-state index in [9.17, 15) is 14.0 Å². The van der Waals surface area contributed by atoms with Gasteiger partial charge in [0.2, 0.25) is 0 Å². The van der Waals surface area contributed by atoms with E-state index in [1.165, 1.54) is 25.1 Å². The van der Waals surface area contributed by atoms with E-state index in [0.717, 1.165) is 12.3 Å². The second-order valence-electron chi connectivity index (χ2n) is 3.95. The van der Waals surface area contributed by atoms with Gasteiger partial charge in [0.05, 0.1) is 17.5 Å². The van der Waals surface area contributed by atoms with Crippen LogP contribution in [0, 0.1) is 12.7 Å². The molecule has 0 radical (unpaired) electrons. The lowest BCUT2D eigenvalue weighted by Crippen LogP contribution is -2.16. The number of nitrogens with one attached hydrogen (secondary N) is 1. The molecule has 2 heterocycles. The molecule has 0 bridgehead atoms. The number of carboxylic acid groups (broad SMARTS) is 1. The van der Waals surface area contributed by atoms with Crippen molar-refractivity contribution in [1.82, 2.24) is 9.97 Å². The number of rotatable bonds is 3. The number of nitrogens with zero attached hydrogens (tertiary/aromatic N) is 2. The highest BCUT2D eigenvalue weighted by atomic mass is 19.1. The fourth-order valence-corrected chi connectivity index (χ4v) is 1.54. The van der Waals surface area contributed by atoms with E-state index in [-0.39, 0.29) is 22.8 Å². The summed E-state index contributed by atoms with van der Waals surface area (Å²) >= 11 is 0. The second kappa shape index (κ2) is 5.43. The van der Waals surface area contributed by atoms with Crippen LogP contribution in [0.25, 0.3) is 0 Å². The van der Waals surface area contributed by atoms with Crippen molar-refractivity contribution in [3.8, 4) is 0 Å². The molecule has 2 rings (SSSR count). The molecule has 0 aliphatic rings. The maximum atomic E-state index is 12.7. The van der Waals surface area contributed by atoms with Crippen molar-refractivity contribution in [1.29, 1.82) is 0 Å². The van der Waals surface area contributed by atoms with E-state index in [1.807, 2.05) is 0 Å². The van der Waals surface area contributed by atoms with Gasteiger partial charge >= 0.3 is 5.97 Å². The Balaban J connectivity index is 2.19. The summed E-state index contributed by atoms with van der Waals surface area (Å²) in [7, 11) is 0. The minimum absolute atomic E-state index is 0.0291. The number of carbonyl (C=O) groups excluding carboxylic acids is 1. The summed E-state index contributed by atoms with van der Waals surface area (Å²) in [6.45, 7) is 1.50. The van der Waals surface area contributed by atoms with Crippen molar-refractivity contribution in [3.05, 3.63) is 53.2 Å². The molecule has 0 spiro atoms. The summed E-state index contributed by atoms with van der Waals surface area (Å²) < 4.78 is 12.7. The van der Waals surface area contributed by atoms with Crippen LogP contribution in [-0.2, 0) is 0 Å². The number of halogens is 1. The molecule has 1 amide bonds. The molecule has 0 saturated carbocycles. The largest absolute Gasteiger partial charge is 0.478 e. The lowest BCUT2D eigenvalue weighted by Gasteiger charge is -2.05. The Morgan fingerprint density at radius 3 is 2.55 bits per heavy atom. The zero-order valence-electron chi connectivity index (χ0n) is 10.4. The number of amides is 1. The summed E-state index contributed by atoms with van der Waals surface area (Å²) in [5.41, 5.74) is 0.317. The molecule has 0 aliphatic carbocycles. The topological polar surface area (TPSA) is 92.2 Å². The van der Waals surface area contributed by atoms with E-state index in [0.29, 0.717) is 0 Å². The second-order valence-corrected chi connectivity index (χ2v) is 3.95. The third-order valence-corrected chi connectivity index (χ3v) is 2.52. The molecule has 0 atom stereocenters. The first-order chi connectivity index (χ1) is 9.47. The van der Waals surface area contributed by atoms with Gasteiger partial charge in [-0.2, -0.15) is 0 Å². The van der Waals surface area contributed by atoms with Gasteiger partial charge in [-0.1, -0.05) is 0 Å². The molecule has 6 nitrogen and oxygen atoms in total. The summed E-state index contributed by atoms with van der Waals surface area (Å²) in [6, 6.07) is 5.08. The van der Waals surface area contributed by atoms with Crippen molar-refractivity contribution in [2.24, 2.45) is 0 Å². The first-order valence-electron chi connectivity index (χ1n) is 5.61. The number of aromatic carboxylic acids is 1. The third kappa shape index (κ3) is 2.94. The van der Waals surface area contributed by atoms with Gasteiger partial charge in [-0.25, -0.2) is 19.2 Å². The summed E-state index contributed by atoms with van der Waals surface area (Å²) in [4.78, 5) is 30.3. The number of carboxylic acids is 1. The maximum Gasteiger partial charge on any atom is 0.337 e. The monoisotopic (exact) mass is 275 g/mol. The Morgan fingerprint density at radius 1 is 1.25 bits per heavy atom. The first-order valence-corrected chi connectivity index (χ1v) is 5.61. The van der Waals surface area contributed by atoms with Crippen molar-refractivity contribution >= 4 is 17.7 Å². The number of aromatic nitrogens is 2. The standard InChI is InChI=1S/C13H10FN3O3/c1-7-9(13(19)20)3-4-10(16-7)12(18)17-11-5-2-8(14)6-15-11/h2-6H,1H3,(H,19,20)(H,15,17,18). The molecule has 102 valence electrons. The van der Waals surface area contributed by atoms with Crippen LogP contribution in [0.5, 0.6) is 0 Å². The normalized spacial score (nSPS) is 10.1. The summed E-state index contributed by atoms with van der Waals surface area (Å²) in [5.74, 6) is -1.99. The van der Waals surface area contributed by atoms with Crippen molar-refractivity contribution in [2.45, 2.75) is 6.92 Å². The number of hydrogen-bond acceptors (Lipinski definition) is 4. The van der Waals surface area contributed by atoms with Crippen LogP contribution >= 0.6 is 0 Å². The van der Waals surface area contributed by atoms with E-state index in [4.69, 9.17) is 5.11 Å². The molecule has 7 heteroatoms. The number of aryl methyl sites for hydroxylation is 1. The van der Waals surface area contributed by atoms with E-state index in [1.54, 1.807) is 0 Å². The zero-order chi connectivity index (χ0) is 14.7. The molecule has 2 N–H and O–H groups in total. The molecule has 0 saturated heterocycles. The Bertz CT molecular complexity index is 671. The van der Waals surface area contributed by atoms with Crippen molar-refractivity contribution < 1.29 is 19.1 Å². The molecule has 20 heavy (non-hydrogen) atoms. The smallest absolute Gasteiger partial charge is 0.337 e. The fourth-order valence-electron chi connectivity index (χ4n) is 1.54. The minimum Gasteiger partial charge on any atom is -0.478 e. The third-order valence-electron chi connectivity index (χ3n) is 2.52. The average Bonchev–Trinajstić information content (AvgIpc) is 2.40. The van der Waals surface area contributed by atoms with E-state index in [2.05, 4.69) is 15.3 Å². The van der Waals surface area contributed by atoms with Gasteiger partial charge in [-0.3, -0.25) is 4.79 Å². The Labute approximate surface area is 113 Å². The molecular formula is C13H10FN3O3.